The smallest absolute Gasteiger partial charge is 0.418 e. The molecule has 2 nitrogen and oxygen atoms in total. The summed E-state index contributed by atoms with van der Waals surface area (Å²) >= 11 is 5.84. The van der Waals surface area contributed by atoms with Gasteiger partial charge in [0.15, 0.2) is 0 Å². The molecule has 20 heavy (non-hydrogen) atoms. The van der Waals surface area contributed by atoms with Crippen molar-refractivity contribution in [2.75, 3.05) is 5.32 Å². The molecule has 108 valence electrons. The Kier molecular flexibility index (Phi) is 4.28. The summed E-state index contributed by atoms with van der Waals surface area (Å²) in [5.41, 5.74) is -0.914. The lowest BCUT2D eigenvalue weighted by Crippen LogP contribution is -2.11. The minimum atomic E-state index is -4.45. The van der Waals surface area contributed by atoms with Gasteiger partial charge in [-0.25, -0.2) is 0 Å². The van der Waals surface area contributed by atoms with Gasteiger partial charge < -0.3 is 9.73 Å². The first kappa shape index (κ1) is 14.8. The number of benzene rings is 1. The van der Waals surface area contributed by atoms with E-state index in [1.54, 1.807) is 12.1 Å². The molecule has 0 saturated carbocycles. The lowest BCUT2D eigenvalue weighted by molar-refractivity contribution is -0.137. The Morgan fingerprint density at radius 3 is 2.45 bits per heavy atom. The SMILES string of the molecule is CCc1ccc(CNc2c(Cl)cccc2C(F)(F)F)o1. The lowest BCUT2D eigenvalue weighted by atomic mass is 10.1. The molecule has 1 N–H and O–H groups in total. The third-order valence-corrected chi connectivity index (χ3v) is 3.14. The quantitative estimate of drug-likeness (QED) is 0.847. The van der Waals surface area contributed by atoms with Crippen LogP contribution in [-0.2, 0) is 19.1 Å². The normalized spacial score (nSPS) is 11.7. The van der Waals surface area contributed by atoms with Gasteiger partial charge in [-0.3, -0.25) is 0 Å². The molecule has 0 aliphatic carbocycles. The number of furan rings is 1. The molecule has 1 aromatic carbocycles. The van der Waals surface area contributed by atoms with E-state index in [0.29, 0.717) is 5.76 Å². The number of alkyl halides is 3. The van der Waals surface area contributed by atoms with E-state index in [9.17, 15) is 13.2 Å². The second-order valence-corrected chi connectivity index (χ2v) is 4.64. The van der Waals surface area contributed by atoms with Crippen molar-refractivity contribution in [2.24, 2.45) is 0 Å². The molecular weight excluding hydrogens is 291 g/mol. The van der Waals surface area contributed by atoms with E-state index in [2.05, 4.69) is 5.32 Å². The molecule has 0 radical (unpaired) electrons. The zero-order chi connectivity index (χ0) is 14.8. The fourth-order valence-electron chi connectivity index (χ4n) is 1.82. The Morgan fingerprint density at radius 2 is 1.85 bits per heavy atom. The monoisotopic (exact) mass is 303 g/mol. The molecule has 2 rings (SSSR count). The Morgan fingerprint density at radius 1 is 1.15 bits per heavy atom. The molecular formula is C14H13ClF3NO. The Labute approximate surface area is 119 Å². The van der Waals surface area contributed by atoms with Gasteiger partial charge in [0.05, 0.1) is 22.8 Å². The maximum atomic E-state index is 12.9. The van der Waals surface area contributed by atoms with Crippen molar-refractivity contribution >= 4 is 17.3 Å². The zero-order valence-corrected chi connectivity index (χ0v) is 11.5. The van der Waals surface area contributed by atoms with Crippen molar-refractivity contribution in [1.29, 1.82) is 0 Å². The van der Waals surface area contributed by atoms with Crippen LogP contribution >= 0.6 is 11.6 Å². The molecule has 1 aromatic heterocycles. The van der Waals surface area contributed by atoms with Crippen LogP contribution in [0.1, 0.15) is 24.0 Å². The van der Waals surface area contributed by atoms with E-state index in [-0.39, 0.29) is 17.3 Å². The highest BCUT2D eigenvalue weighted by Crippen LogP contribution is 2.38. The van der Waals surface area contributed by atoms with Crippen LogP contribution in [0.15, 0.2) is 34.7 Å². The second-order valence-electron chi connectivity index (χ2n) is 4.24. The van der Waals surface area contributed by atoms with Gasteiger partial charge in [-0.15, -0.1) is 0 Å². The lowest BCUT2D eigenvalue weighted by Gasteiger charge is -2.15. The van der Waals surface area contributed by atoms with Gasteiger partial charge in [0, 0.05) is 6.42 Å². The Hall–Kier alpha value is -1.62. The average molecular weight is 304 g/mol. The summed E-state index contributed by atoms with van der Waals surface area (Å²) in [5, 5.41) is 2.73. The molecule has 0 saturated heterocycles. The van der Waals surface area contributed by atoms with Crippen molar-refractivity contribution in [2.45, 2.75) is 26.1 Å². The van der Waals surface area contributed by atoms with Crippen LogP contribution in [0.3, 0.4) is 0 Å². The average Bonchev–Trinajstić information content (AvgIpc) is 2.84. The zero-order valence-electron chi connectivity index (χ0n) is 10.7. The van der Waals surface area contributed by atoms with Crippen LogP contribution < -0.4 is 5.32 Å². The van der Waals surface area contributed by atoms with Crippen LogP contribution in [0.2, 0.25) is 5.02 Å². The molecule has 2 aromatic rings. The van der Waals surface area contributed by atoms with Crippen LogP contribution in [0.4, 0.5) is 18.9 Å². The minimum Gasteiger partial charge on any atom is -0.464 e. The van der Waals surface area contributed by atoms with E-state index in [1.807, 2.05) is 6.92 Å². The minimum absolute atomic E-state index is 0.0297. The van der Waals surface area contributed by atoms with Crippen molar-refractivity contribution in [3.8, 4) is 0 Å². The van der Waals surface area contributed by atoms with Gasteiger partial charge in [-0.2, -0.15) is 13.2 Å². The molecule has 0 amide bonds. The molecule has 0 atom stereocenters. The molecule has 0 bridgehead atoms. The van der Waals surface area contributed by atoms with E-state index in [0.717, 1.165) is 18.2 Å². The van der Waals surface area contributed by atoms with E-state index in [1.165, 1.54) is 12.1 Å². The summed E-state index contributed by atoms with van der Waals surface area (Å²) in [7, 11) is 0. The van der Waals surface area contributed by atoms with Crippen LogP contribution in [-0.4, -0.2) is 0 Å². The van der Waals surface area contributed by atoms with Gasteiger partial charge in [0.1, 0.15) is 11.5 Å². The Bertz CT molecular complexity index is 592. The summed E-state index contributed by atoms with van der Waals surface area (Å²) in [4.78, 5) is 0. The van der Waals surface area contributed by atoms with Crippen LogP contribution in [0, 0.1) is 0 Å². The second kappa shape index (κ2) is 5.79. The van der Waals surface area contributed by atoms with Crippen LogP contribution in [0.5, 0.6) is 0 Å². The fraction of sp³-hybridized carbons (Fsp3) is 0.286. The summed E-state index contributed by atoms with van der Waals surface area (Å²) in [6.07, 6.45) is -3.72. The third-order valence-electron chi connectivity index (χ3n) is 2.82. The van der Waals surface area contributed by atoms with Gasteiger partial charge in [-0.05, 0) is 24.3 Å². The predicted octanol–water partition coefficient (Wildman–Crippen LogP) is 5.13. The summed E-state index contributed by atoms with van der Waals surface area (Å²) in [5.74, 6) is 1.35. The molecule has 0 unspecified atom stereocenters. The molecule has 6 heteroatoms. The molecule has 0 spiro atoms. The first-order valence-corrected chi connectivity index (χ1v) is 6.46. The first-order chi connectivity index (χ1) is 9.41. The summed E-state index contributed by atoms with van der Waals surface area (Å²) < 4.78 is 44.1. The molecule has 0 aliphatic rings. The standard InChI is InChI=1S/C14H13ClF3NO/c1-2-9-6-7-10(20-9)8-19-13-11(14(16,17)18)4-3-5-12(13)15/h3-7,19H,2,8H2,1H3. The van der Waals surface area contributed by atoms with Crippen molar-refractivity contribution in [3.63, 3.8) is 0 Å². The number of para-hydroxylation sites is 1. The first-order valence-electron chi connectivity index (χ1n) is 6.09. The van der Waals surface area contributed by atoms with Crippen molar-refractivity contribution in [3.05, 3.63) is 52.4 Å². The molecule has 1 heterocycles. The van der Waals surface area contributed by atoms with E-state index < -0.39 is 11.7 Å². The van der Waals surface area contributed by atoms with Gasteiger partial charge in [-0.1, -0.05) is 24.6 Å². The predicted molar refractivity (Wildman–Crippen MR) is 71.9 cm³/mol. The number of hydrogen-bond donors (Lipinski definition) is 1. The number of anilines is 1. The van der Waals surface area contributed by atoms with Gasteiger partial charge in [0.2, 0.25) is 0 Å². The highest BCUT2D eigenvalue weighted by molar-refractivity contribution is 6.33. The van der Waals surface area contributed by atoms with Crippen molar-refractivity contribution < 1.29 is 17.6 Å². The number of halogens is 4. The number of aryl methyl sites for hydroxylation is 1. The third kappa shape index (κ3) is 3.28. The fourth-order valence-corrected chi connectivity index (χ4v) is 2.06. The largest absolute Gasteiger partial charge is 0.464 e. The topological polar surface area (TPSA) is 25.2 Å². The summed E-state index contributed by atoms with van der Waals surface area (Å²) in [6.45, 7) is 2.08. The Balaban J connectivity index is 2.20. The van der Waals surface area contributed by atoms with E-state index >= 15 is 0 Å². The maximum absolute atomic E-state index is 12.9. The molecule has 0 fully saturated rings. The van der Waals surface area contributed by atoms with Crippen molar-refractivity contribution in [1.82, 2.24) is 0 Å². The number of rotatable bonds is 4. The van der Waals surface area contributed by atoms with E-state index in [4.69, 9.17) is 16.0 Å². The maximum Gasteiger partial charge on any atom is 0.418 e. The van der Waals surface area contributed by atoms with Gasteiger partial charge >= 0.3 is 6.18 Å². The number of hydrogen-bond acceptors (Lipinski definition) is 2. The number of nitrogens with one attached hydrogen (secondary N) is 1. The van der Waals surface area contributed by atoms with Gasteiger partial charge in [0.25, 0.3) is 0 Å². The summed E-state index contributed by atoms with van der Waals surface area (Å²) in [6, 6.07) is 7.22. The highest BCUT2D eigenvalue weighted by atomic mass is 35.5. The van der Waals surface area contributed by atoms with Crippen LogP contribution in [0.25, 0.3) is 0 Å². The molecule has 0 aliphatic heterocycles. The highest BCUT2D eigenvalue weighted by Gasteiger charge is 2.34.